The lowest BCUT2D eigenvalue weighted by atomic mass is 9.97. The fourth-order valence-corrected chi connectivity index (χ4v) is 4.67. The summed E-state index contributed by atoms with van der Waals surface area (Å²) in [6, 6.07) is 13.0. The fraction of sp³-hybridized carbons (Fsp3) is 0.333. The largest absolute Gasteiger partial charge is 0.489 e. The molecule has 0 saturated heterocycles. The van der Waals surface area contributed by atoms with E-state index in [9.17, 15) is 8.78 Å². The molecule has 42 heavy (non-hydrogen) atoms. The Labute approximate surface area is 240 Å². The number of nitrogens with one attached hydrogen (secondary N) is 1. The standard InChI is InChI=1S/C30H28F4N4O4/c31-22-16-23(32)29(34)30(28(22)33)38-26(17-25(37-38)20-3-1-19(18-35)2-4-20)21-5-6-24-27(15-21)42-14-13-41-12-11-40-10-9-39-8-7-36-24/h1-6,15-16,26,36H,7-14,17H2. The van der Waals surface area contributed by atoms with Crippen LogP contribution in [0.4, 0.5) is 28.9 Å². The highest BCUT2D eigenvalue weighted by Gasteiger charge is 2.36. The number of hydrazone groups is 1. The molecule has 1 unspecified atom stereocenters. The van der Waals surface area contributed by atoms with Crippen LogP contribution in [0.1, 0.15) is 29.2 Å². The molecule has 0 radical (unpaired) electrons. The van der Waals surface area contributed by atoms with Crippen molar-refractivity contribution >= 4 is 17.1 Å². The van der Waals surface area contributed by atoms with Gasteiger partial charge in [-0.1, -0.05) is 18.2 Å². The lowest BCUT2D eigenvalue weighted by Crippen LogP contribution is -2.22. The first-order valence-corrected chi connectivity index (χ1v) is 13.4. The van der Waals surface area contributed by atoms with Gasteiger partial charge in [0.15, 0.2) is 23.3 Å². The molecule has 2 aliphatic rings. The van der Waals surface area contributed by atoms with Crippen molar-refractivity contribution in [2.24, 2.45) is 5.10 Å². The van der Waals surface area contributed by atoms with Gasteiger partial charge in [-0.05, 0) is 35.4 Å². The maximum Gasteiger partial charge on any atom is 0.187 e. The van der Waals surface area contributed by atoms with Gasteiger partial charge in [0.05, 0.1) is 68.7 Å². The number of benzene rings is 3. The Kier molecular flexibility index (Phi) is 9.53. The second kappa shape index (κ2) is 13.7. The molecule has 0 amide bonds. The van der Waals surface area contributed by atoms with Crippen molar-refractivity contribution in [3.63, 3.8) is 0 Å². The number of anilines is 2. The predicted octanol–water partition coefficient (Wildman–Crippen LogP) is 5.32. The molecule has 8 nitrogen and oxygen atoms in total. The van der Waals surface area contributed by atoms with Gasteiger partial charge in [-0.3, -0.25) is 5.01 Å². The van der Waals surface area contributed by atoms with Gasteiger partial charge in [-0.25, -0.2) is 17.6 Å². The van der Waals surface area contributed by atoms with Crippen molar-refractivity contribution in [1.82, 2.24) is 0 Å². The Morgan fingerprint density at radius 2 is 1.45 bits per heavy atom. The summed E-state index contributed by atoms with van der Waals surface area (Å²) in [4.78, 5) is 0. The van der Waals surface area contributed by atoms with Crippen LogP contribution in [0.5, 0.6) is 5.75 Å². The zero-order valence-corrected chi connectivity index (χ0v) is 22.5. The van der Waals surface area contributed by atoms with Crippen molar-refractivity contribution in [2.45, 2.75) is 12.5 Å². The van der Waals surface area contributed by atoms with Crippen LogP contribution in [0.25, 0.3) is 0 Å². The molecule has 3 aromatic rings. The van der Waals surface area contributed by atoms with Crippen LogP contribution in [0.15, 0.2) is 53.6 Å². The number of ether oxygens (including phenoxy) is 4. The van der Waals surface area contributed by atoms with Crippen molar-refractivity contribution in [2.75, 3.05) is 63.1 Å². The molecule has 3 aromatic carbocycles. The molecular weight excluding hydrogens is 556 g/mol. The molecule has 12 heteroatoms. The molecule has 0 aliphatic carbocycles. The van der Waals surface area contributed by atoms with Gasteiger partial charge in [0.2, 0.25) is 0 Å². The number of nitrogens with zero attached hydrogens (tertiary/aromatic N) is 3. The summed E-state index contributed by atoms with van der Waals surface area (Å²) in [5.74, 6) is -5.75. The molecule has 2 heterocycles. The van der Waals surface area contributed by atoms with Crippen LogP contribution in [-0.4, -0.2) is 58.5 Å². The van der Waals surface area contributed by atoms with E-state index in [4.69, 9.17) is 24.2 Å². The van der Waals surface area contributed by atoms with Crippen LogP contribution in [0, 0.1) is 34.6 Å². The highest BCUT2D eigenvalue weighted by atomic mass is 19.2. The second-order valence-corrected chi connectivity index (χ2v) is 9.49. The summed E-state index contributed by atoms with van der Waals surface area (Å²) in [7, 11) is 0. The Morgan fingerprint density at radius 3 is 2.12 bits per heavy atom. The zero-order chi connectivity index (χ0) is 29.5. The summed E-state index contributed by atoms with van der Waals surface area (Å²) in [5.41, 5.74) is 1.67. The normalized spacial score (nSPS) is 18.5. The fourth-order valence-electron chi connectivity index (χ4n) is 4.67. The lowest BCUT2D eigenvalue weighted by molar-refractivity contribution is 0.0114. The number of nitriles is 1. The average molecular weight is 585 g/mol. The van der Waals surface area contributed by atoms with Gasteiger partial charge in [0.25, 0.3) is 0 Å². The third kappa shape index (κ3) is 6.65. The molecule has 220 valence electrons. The molecule has 0 saturated carbocycles. The lowest BCUT2D eigenvalue weighted by Gasteiger charge is -2.26. The topological polar surface area (TPSA) is 88.3 Å². The van der Waals surface area contributed by atoms with Gasteiger partial charge in [0.1, 0.15) is 18.0 Å². The van der Waals surface area contributed by atoms with Crippen molar-refractivity contribution in [3.8, 4) is 11.8 Å². The Bertz CT molecular complexity index is 1450. The van der Waals surface area contributed by atoms with Gasteiger partial charge in [0, 0.05) is 19.0 Å². The quantitative estimate of drug-likeness (QED) is 0.329. The summed E-state index contributed by atoms with van der Waals surface area (Å²) in [5, 5.41) is 17.8. The first kappa shape index (κ1) is 29.3. The zero-order valence-electron chi connectivity index (χ0n) is 22.5. The highest BCUT2D eigenvalue weighted by Crippen LogP contribution is 2.42. The predicted molar refractivity (Wildman–Crippen MR) is 147 cm³/mol. The summed E-state index contributed by atoms with van der Waals surface area (Å²) in [6.07, 6.45) is 0.145. The maximum absolute atomic E-state index is 15.0. The van der Waals surface area contributed by atoms with Crippen molar-refractivity contribution in [3.05, 3.63) is 88.5 Å². The minimum atomic E-state index is -1.56. The van der Waals surface area contributed by atoms with Gasteiger partial charge in [-0.15, -0.1) is 0 Å². The molecule has 1 N–H and O–H groups in total. The molecule has 0 bridgehead atoms. The summed E-state index contributed by atoms with van der Waals surface area (Å²) in [6.45, 7) is 3.13. The first-order chi connectivity index (χ1) is 20.5. The smallest absolute Gasteiger partial charge is 0.187 e. The third-order valence-electron chi connectivity index (χ3n) is 6.76. The van der Waals surface area contributed by atoms with Crippen LogP contribution in [-0.2, 0) is 14.2 Å². The summed E-state index contributed by atoms with van der Waals surface area (Å²) < 4.78 is 81.2. The molecule has 0 fully saturated rings. The number of rotatable bonds is 3. The monoisotopic (exact) mass is 584 g/mol. The Morgan fingerprint density at radius 1 is 0.810 bits per heavy atom. The van der Waals surface area contributed by atoms with E-state index in [-0.39, 0.29) is 19.1 Å². The molecular formula is C30H28F4N4O4. The maximum atomic E-state index is 15.0. The Balaban J connectivity index is 1.51. The number of halogens is 4. The van der Waals surface area contributed by atoms with E-state index in [1.165, 1.54) is 0 Å². The van der Waals surface area contributed by atoms with E-state index >= 15 is 8.78 Å². The number of hydrogen-bond donors (Lipinski definition) is 1. The van der Waals surface area contributed by atoms with Crippen LogP contribution in [0.3, 0.4) is 0 Å². The third-order valence-corrected chi connectivity index (χ3v) is 6.76. The van der Waals surface area contributed by atoms with E-state index < -0.39 is 35.0 Å². The average Bonchev–Trinajstić information content (AvgIpc) is 3.43. The SMILES string of the molecule is N#Cc1ccc(C2=NN(c3c(F)c(F)cc(F)c3F)C(c3ccc4c(c3)OCCOCCOCCOCCN4)C2)cc1. The second-order valence-electron chi connectivity index (χ2n) is 9.49. The van der Waals surface area contributed by atoms with Gasteiger partial charge < -0.3 is 24.3 Å². The number of fused-ring (bicyclic) bond motifs is 1. The molecule has 1 atom stereocenters. The van der Waals surface area contributed by atoms with E-state index in [2.05, 4.69) is 10.4 Å². The van der Waals surface area contributed by atoms with E-state index in [1.807, 2.05) is 6.07 Å². The number of hydrogen-bond acceptors (Lipinski definition) is 8. The van der Waals surface area contributed by atoms with Crippen LogP contribution >= 0.6 is 0 Å². The van der Waals surface area contributed by atoms with E-state index in [0.29, 0.717) is 80.0 Å². The minimum Gasteiger partial charge on any atom is -0.489 e. The molecule has 5 rings (SSSR count). The van der Waals surface area contributed by atoms with Crippen molar-refractivity contribution in [1.29, 1.82) is 5.26 Å². The Hall–Kier alpha value is -4.18. The minimum absolute atomic E-state index is 0.145. The van der Waals surface area contributed by atoms with E-state index in [1.54, 1.807) is 42.5 Å². The summed E-state index contributed by atoms with van der Waals surface area (Å²) >= 11 is 0. The van der Waals surface area contributed by atoms with Gasteiger partial charge in [-0.2, -0.15) is 10.4 Å². The van der Waals surface area contributed by atoms with Crippen LogP contribution < -0.4 is 15.1 Å². The van der Waals surface area contributed by atoms with Crippen LogP contribution in [0.2, 0.25) is 0 Å². The molecule has 2 aliphatic heterocycles. The van der Waals surface area contributed by atoms with Gasteiger partial charge >= 0.3 is 0 Å². The van der Waals surface area contributed by atoms with E-state index in [0.717, 1.165) is 5.01 Å². The molecule has 0 aromatic heterocycles. The highest BCUT2D eigenvalue weighted by molar-refractivity contribution is 6.03. The van der Waals surface area contributed by atoms with Crippen molar-refractivity contribution < 1.29 is 36.5 Å². The first-order valence-electron chi connectivity index (χ1n) is 13.4. The molecule has 0 spiro atoms.